The van der Waals surface area contributed by atoms with Gasteiger partial charge in [-0.2, -0.15) is 36.0 Å². The zero-order valence-electron chi connectivity index (χ0n) is 75.2. The average Bonchev–Trinajstić information content (AvgIpc) is 1.64. The fourth-order valence-corrected chi connectivity index (χ4v) is 13.8. The van der Waals surface area contributed by atoms with Gasteiger partial charge in [0.15, 0.2) is 58.0 Å². The monoisotopic (exact) mass is 1880 g/mol. The van der Waals surface area contributed by atoms with Crippen LogP contribution in [-0.4, -0.2) is 170 Å². The zero-order valence-corrected chi connectivity index (χ0v) is 75.2. The highest BCUT2D eigenvalue weighted by Gasteiger charge is 2.26. The van der Waals surface area contributed by atoms with Gasteiger partial charge in [0.05, 0.1) is 180 Å². The van der Waals surface area contributed by atoms with Gasteiger partial charge in [0, 0.05) is 19.6 Å². The molecular formula is C101H88F7N17O13. The number of aromatic amines is 5. The van der Waals surface area contributed by atoms with E-state index in [0.717, 1.165) is 29.8 Å². The molecule has 0 spiro atoms. The van der Waals surface area contributed by atoms with Crippen molar-refractivity contribution in [2.45, 2.75) is 0 Å². The van der Waals surface area contributed by atoms with E-state index >= 15 is 0 Å². The van der Waals surface area contributed by atoms with Gasteiger partial charge in [-0.25, -0.2) is 30.7 Å². The molecular weight excluding hydrogens is 1790 g/mol. The number of amides is 5. The molecule has 0 saturated heterocycles. The van der Waals surface area contributed by atoms with E-state index in [4.69, 9.17) is 48.4 Å². The summed E-state index contributed by atoms with van der Waals surface area (Å²) in [7, 11) is 11.6. The fourth-order valence-electron chi connectivity index (χ4n) is 13.8. The van der Waals surface area contributed by atoms with Gasteiger partial charge in [0.2, 0.25) is 0 Å². The molecule has 30 nitrogen and oxygen atoms in total. The van der Waals surface area contributed by atoms with Gasteiger partial charge in [0.1, 0.15) is 41.8 Å². The Hall–Kier alpha value is -18.3. The minimum Gasteiger partial charge on any atom is -0.495 e. The van der Waals surface area contributed by atoms with E-state index in [9.17, 15) is 54.7 Å². The van der Waals surface area contributed by atoms with Gasteiger partial charge in [-0.05, 0) is 180 Å². The Morgan fingerprint density at radius 3 is 0.746 bits per heavy atom. The Morgan fingerprint density at radius 2 is 0.522 bits per heavy atom. The minimum atomic E-state index is -0.944. The van der Waals surface area contributed by atoms with Gasteiger partial charge >= 0.3 is 0 Å². The Labute approximate surface area is 783 Å². The number of halogens is 7. The Bertz CT molecular complexity index is 7320. The van der Waals surface area contributed by atoms with Crippen LogP contribution in [0.4, 0.5) is 30.7 Å². The van der Waals surface area contributed by atoms with Crippen LogP contribution in [0.25, 0.3) is 115 Å². The summed E-state index contributed by atoms with van der Waals surface area (Å²) in [5.41, 5.74) is 10.7. The van der Waals surface area contributed by atoms with Crippen LogP contribution in [0.3, 0.4) is 0 Å². The summed E-state index contributed by atoms with van der Waals surface area (Å²) in [4.78, 5) is 61.7. The minimum absolute atomic E-state index is 0.110. The largest absolute Gasteiger partial charge is 0.495 e. The van der Waals surface area contributed by atoms with Crippen molar-refractivity contribution >= 4 is 145 Å². The lowest BCUT2D eigenvalue weighted by Crippen LogP contribution is -2.24. The van der Waals surface area contributed by atoms with E-state index in [2.05, 4.69) is 97.3 Å². The highest BCUT2D eigenvalue weighted by molar-refractivity contribution is 6.10. The summed E-state index contributed by atoms with van der Waals surface area (Å²) >= 11 is 0. The van der Waals surface area contributed by atoms with Crippen molar-refractivity contribution in [1.29, 1.82) is 10.5 Å². The molecule has 0 radical (unpaired) electrons. The van der Waals surface area contributed by atoms with Gasteiger partial charge in [-0.3, -0.25) is 49.5 Å². The molecule has 0 saturated carbocycles. The molecule has 10 N–H and O–H groups in total. The first kappa shape index (κ1) is 100. The van der Waals surface area contributed by atoms with E-state index in [1.165, 1.54) is 93.3 Å². The quantitative estimate of drug-likeness (QED) is 0.0110. The lowest BCUT2D eigenvalue weighted by molar-refractivity contribution is 0.0947. The van der Waals surface area contributed by atoms with Crippen molar-refractivity contribution in [3.63, 3.8) is 0 Å². The molecule has 0 aliphatic heterocycles. The second-order valence-electron chi connectivity index (χ2n) is 28.8. The predicted octanol–water partition coefficient (Wildman–Crippen LogP) is 18.0. The van der Waals surface area contributed by atoms with Crippen LogP contribution in [0.5, 0.6) is 46.0 Å². The van der Waals surface area contributed by atoms with Crippen LogP contribution in [0.2, 0.25) is 0 Å². The molecule has 0 bridgehead atoms. The molecule has 704 valence electrons. The number of benzene rings is 10. The number of methoxy groups -OCH3 is 8. The van der Waals surface area contributed by atoms with Crippen molar-refractivity contribution in [3.8, 4) is 58.1 Å². The molecule has 15 rings (SSSR count). The number of aromatic nitrogens is 10. The van der Waals surface area contributed by atoms with E-state index < -0.39 is 52.5 Å². The standard InChI is InChI=1S/2C21H20FN3O3.C20H17F2N3O2.C20H17FN4O3.C19H14F2N4O2/c1-4-11-23-21(26)14-7-9-17-19(20(14)28-3)16(24-25-17)8-5-13-6-10-18(27-2)15(22)12-13;1-4-11-23-21(26)14-7-10-17-19(20(14)28-3)16(24-25-17)9-6-13-5-8-15(22)18(12-13)27-2;1-3-10-23-20(26)13-6-9-17-18(19(13)27-2)16(24-25-17)8-5-12-4-7-14(21)15(22)11-12;1-27-17-8-4-12(11-14(17)21)3-6-15-18-16(25-24-15)7-5-13(19(18)28-2)20(26)23-10-9-22;1-27-18-12(19(26)23-9-8-22)4-7-16-17(18)15(24-25-16)6-3-11-2-5-13(20)14(21)10-11/h2*4-10,12H,1,11H2,2-3H3,(H,23,26)(H,24,25);3-9,11H,1,10H2,2H3,(H,23,26)(H,24,25);3-8,11H,10H2,1-2H3,(H,23,26)(H,24,25);2-7,10H,9H2,1H3,(H,23,26)(H,24,25)/b8-5+;9-6+;8-5+;2*6-3+. The molecule has 37 heteroatoms. The number of H-pyrrole nitrogens is 5. The Morgan fingerprint density at radius 1 is 0.290 bits per heavy atom. The molecule has 5 heterocycles. The first-order valence-electron chi connectivity index (χ1n) is 41.4. The summed E-state index contributed by atoms with van der Waals surface area (Å²) in [6.45, 7) is 11.5. The summed E-state index contributed by atoms with van der Waals surface area (Å²) in [5.74, 6) is -4.41. The number of nitrogens with zero attached hydrogens (tertiary/aromatic N) is 7. The first-order valence-corrected chi connectivity index (χ1v) is 41.4. The number of rotatable bonds is 31. The fraction of sp³-hybridized carbons (Fsp3) is 0.129. The lowest BCUT2D eigenvalue weighted by Gasteiger charge is -2.10. The number of carbonyl (C=O) groups is 5. The van der Waals surface area contributed by atoms with Crippen LogP contribution in [-0.2, 0) is 0 Å². The summed E-state index contributed by atoms with van der Waals surface area (Å²) in [5, 5.41) is 69.0. The van der Waals surface area contributed by atoms with Crippen LogP contribution in [0.15, 0.2) is 190 Å². The second kappa shape index (κ2) is 48.2. The summed E-state index contributed by atoms with van der Waals surface area (Å²) in [6.07, 6.45) is 21.8. The van der Waals surface area contributed by atoms with E-state index in [-0.39, 0.29) is 59.2 Å². The van der Waals surface area contributed by atoms with Crippen LogP contribution in [0, 0.1) is 63.4 Å². The zero-order chi connectivity index (χ0) is 99.1. The highest BCUT2D eigenvalue weighted by Crippen LogP contribution is 2.39. The van der Waals surface area contributed by atoms with Crippen molar-refractivity contribution in [2.24, 2.45) is 0 Å². The normalized spacial score (nSPS) is 10.9. The van der Waals surface area contributed by atoms with Crippen LogP contribution in [0.1, 0.15) is 108 Å². The van der Waals surface area contributed by atoms with Gasteiger partial charge in [-0.15, -0.1) is 19.7 Å². The summed E-state index contributed by atoms with van der Waals surface area (Å²) < 4.78 is 136. The van der Waals surface area contributed by atoms with Crippen molar-refractivity contribution in [3.05, 3.63) is 314 Å². The smallest absolute Gasteiger partial charge is 0.255 e. The second-order valence-corrected chi connectivity index (χ2v) is 28.8. The molecule has 10 aromatic carbocycles. The number of fused-ring (bicyclic) bond motifs is 5. The third-order valence-corrected chi connectivity index (χ3v) is 20.3. The van der Waals surface area contributed by atoms with Gasteiger partial charge in [-0.1, -0.05) is 78.9 Å². The third kappa shape index (κ3) is 24.1. The van der Waals surface area contributed by atoms with Crippen LogP contribution < -0.4 is 64.5 Å². The molecule has 5 amide bonds. The molecule has 0 aliphatic rings. The first-order chi connectivity index (χ1) is 66.8. The molecule has 0 fully saturated rings. The average molecular weight is 1880 g/mol. The Balaban J connectivity index is 0.000000165. The van der Waals surface area contributed by atoms with E-state index in [1.807, 2.05) is 12.1 Å². The van der Waals surface area contributed by atoms with E-state index in [0.29, 0.717) is 170 Å². The number of hydrogen-bond donors (Lipinski definition) is 10. The van der Waals surface area contributed by atoms with Crippen molar-refractivity contribution in [1.82, 2.24) is 77.6 Å². The summed E-state index contributed by atoms with van der Waals surface area (Å²) in [6, 6.07) is 41.3. The Kier molecular flexibility index (Phi) is 35.0. The number of ether oxygens (including phenoxy) is 8. The maximum Gasteiger partial charge on any atom is 0.255 e. The van der Waals surface area contributed by atoms with Crippen molar-refractivity contribution < 1.29 is 92.6 Å². The molecule has 0 atom stereocenters. The topological polar surface area (TPSA) is 410 Å². The predicted molar refractivity (Wildman–Crippen MR) is 513 cm³/mol. The number of hydrogen-bond acceptors (Lipinski definition) is 20. The molecule has 5 aromatic heterocycles. The van der Waals surface area contributed by atoms with E-state index in [1.54, 1.807) is 170 Å². The maximum atomic E-state index is 13.9. The van der Waals surface area contributed by atoms with Crippen molar-refractivity contribution in [2.75, 3.05) is 89.6 Å². The molecule has 138 heavy (non-hydrogen) atoms. The molecule has 0 unspecified atom stereocenters. The number of nitrogens with one attached hydrogen (secondary N) is 10. The third-order valence-electron chi connectivity index (χ3n) is 20.3. The highest BCUT2D eigenvalue weighted by atomic mass is 19.2. The van der Waals surface area contributed by atoms with Gasteiger partial charge < -0.3 is 64.5 Å². The number of nitriles is 2. The van der Waals surface area contributed by atoms with Crippen LogP contribution >= 0.6 is 0 Å². The molecule has 0 aliphatic carbocycles. The van der Waals surface area contributed by atoms with Gasteiger partial charge in [0.25, 0.3) is 29.5 Å². The maximum absolute atomic E-state index is 13.9. The number of carbonyl (C=O) groups excluding carboxylic acids is 5. The SMILES string of the molecule is C=CCNC(=O)c1ccc2n[nH]c(/C=C/c3ccc(F)c(F)c3)c2c1OC.C=CCNC(=O)c1ccc2n[nH]c(/C=C/c3ccc(F)c(OC)c3)c2c1OC.C=CCNC(=O)c1ccc2n[nH]c(/C=C/c3ccc(OC)c(F)c3)c2c1OC.COc1c(C(=O)NCC#N)ccc2n[nH]c(/C=C/c3ccc(F)c(F)c3)c12.COc1ccc(/C=C/c2[nH]nc3ccc(C(=O)NCC#N)c(OC)c23)cc1F. The lowest BCUT2D eigenvalue weighted by atomic mass is 10.1. The molecule has 15 aromatic rings.